The number of halogens is 3. The van der Waals surface area contributed by atoms with Crippen LogP contribution in [0.3, 0.4) is 0 Å². The van der Waals surface area contributed by atoms with Gasteiger partial charge in [-0.25, -0.2) is 9.78 Å². The van der Waals surface area contributed by atoms with Crippen LogP contribution >= 0.6 is 0 Å². The fourth-order valence-corrected chi connectivity index (χ4v) is 2.25. The second-order valence-corrected chi connectivity index (χ2v) is 4.86. The highest BCUT2D eigenvalue weighted by Gasteiger charge is 2.42. The molecule has 1 fully saturated rings. The summed E-state index contributed by atoms with van der Waals surface area (Å²) in [5.74, 6) is -1.41. The van der Waals surface area contributed by atoms with Crippen LogP contribution < -0.4 is 5.32 Å². The molecule has 2 rings (SSSR count). The van der Waals surface area contributed by atoms with Crippen molar-refractivity contribution >= 4 is 6.03 Å². The van der Waals surface area contributed by atoms with E-state index in [1.807, 2.05) is 0 Å². The Morgan fingerprint density at radius 2 is 2.25 bits per heavy atom. The fraction of sp³-hybridized carbons (Fsp3) is 0.667. The number of hydrogen-bond acceptors (Lipinski definition) is 2. The molecule has 0 aliphatic carbocycles. The van der Waals surface area contributed by atoms with Crippen molar-refractivity contribution in [3.63, 3.8) is 0 Å². The molecule has 5 nitrogen and oxygen atoms in total. The van der Waals surface area contributed by atoms with Crippen LogP contribution in [0.4, 0.5) is 18.0 Å². The van der Waals surface area contributed by atoms with Gasteiger partial charge in [0.15, 0.2) is 0 Å². The van der Waals surface area contributed by atoms with E-state index in [0.29, 0.717) is 26.1 Å². The zero-order valence-electron chi connectivity index (χ0n) is 10.9. The summed E-state index contributed by atoms with van der Waals surface area (Å²) < 4.78 is 39.7. The number of aromatic nitrogens is 2. The van der Waals surface area contributed by atoms with Crippen molar-refractivity contribution < 1.29 is 18.0 Å². The van der Waals surface area contributed by atoms with Crippen molar-refractivity contribution in [2.45, 2.75) is 25.6 Å². The van der Waals surface area contributed by atoms with Crippen LogP contribution in [0.1, 0.15) is 12.8 Å². The minimum Gasteiger partial charge on any atom is -0.336 e. The average molecular weight is 290 g/mol. The monoisotopic (exact) mass is 290 g/mol. The maximum absolute atomic E-state index is 12.6. The minimum absolute atomic E-state index is 0.0995. The molecule has 8 heteroatoms. The maximum atomic E-state index is 12.6. The first-order chi connectivity index (χ1) is 9.47. The van der Waals surface area contributed by atoms with Crippen LogP contribution in [0, 0.1) is 5.92 Å². The zero-order valence-corrected chi connectivity index (χ0v) is 10.9. The molecule has 0 bridgehead atoms. The summed E-state index contributed by atoms with van der Waals surface area (Å²) in [4.78, 5) is 16.9. The molecule has 0 spiro atoms. The molecule has 1 atom stereocenters. The summed E-state index contributed by atoms with van der Waals surface area (Å²) in [5, 5.41) is 2.63. The Bertz CT molecular complexity index is 432. The second-order valence-electron chi connectivity index (χ2n) is 4.86. The lowest BCUT2D eigenvalue weighted by Gasteiger charge is -2.33. The highest BCUT2D eigenvalue weighted by atomic mass is 19.4. The van der Waals surface area contributed by atoms with E-state index >= 15 is 0 Å². The summed E-state index contributed by atoms with van der Waals surface area (Å²) in [6.07, 6.45) is 1.26. The molecule has 1 aliphatic heterocycles. The number of alkyl halides is 3. The lowest BCUT2D eigenvalue weighted by atomic mass is 9.98. The molecule has 1 aliphatic rings. The van der Waals surface area contributed by atoms with Gasteiger partial charge in [-0.15, -0.1) is 0 Å². The van der Waals surface area contributed by atoms with Crippen molar-refractivity contribution in [2.24, 2.45) is 5.92 Å². The summed E-state index contributed by atoms with van der Waals surface area (Å²) in [5.41, 5.74) is 0. The topological polar surface area (TPSA) is 50.2 Å². The molecule has 1 N–H and O–H groups in total. The van der Waals surface area contributed by atoms with E-state index in [2.05, 4.69) is 10.3 Å². The van der Waals surface area contributed by atoms with Gasteiger partial charge in [-0.2, -0.15) is 13.2 Å². The molecule has 1 aromatic rings. The van der Waals surface area contributed by atoms with Gasteiger partial charge >= 0.3 is 12.2 Å². The largest absolute Gasteiger partial charge is 0.393 e. The number of carbonyl (C=O) groups is 1. The van der Waals surface area contributed by atoms with Crippen LogP contribution in [0.2, 0.25) is 0 Å². The molecule has 20 heavy (non-hydrogen) atoms. The van der Waals surface area contributed by atoms with E-state index in [-0.39, 0.29) is 13.0 Å². The first-order valence-corrected chi connectivity index (χ1v) is 6.52. The standard InChI is InChI=1S/C12H17F3N4O/c13-12(14,15)10-2-1-5-19(8-10)11(20)17-4-7-18-6-3-16-9-18/h3,6,9-10H,1-2,4-5,7-8H2,(H,17,20)/t10-/m0/s1. The average Bonchev–Trinajstić information content (AvgIpc) is 2.91. The molecule has 112 valence electrons. The highest BCUT2D eigenvalue weighted by Crippen LogP contribution is 2.32. The summed E-state index contributed by atoms with van der Waals surface area (Å²) in [6, 6.07) is -0.431. The fourth-order valence-electron chi connectivity index (χ4n) is 2.25. The van der Waals surface area contributed by atoms with Gasteiger partial charge in [-0.05, 0) is 12.8 Å². The van der Waals surface area contributed by atoms with Crippen LogP contribution in [0.15, 0.2) is 18.7 Å². The molecule has 0 aromatic carbocycles. The molecule has 0 saturated carbocycles. The van der Waals surface area contributed by atoms with Crippen LogP contribution in [-0.2, 0) is 6.54 Å². The second kappa shape index (κ2) is 6.15. The maximum Gasteiger partial charge on any atom is 0.393 e. The van der Waals surface area contributed by atoms with Gasteiger partial charge < -0.3 is 14.8 Å². The molecule has 2 amide bonds. The summed E-state index contributed by atoms with van der Waals surface area (Å²) >= 11 is 0. The van der Waals surface area contributed by atoms with Gasteiger partial charge in [0.1, 0.15) is 0 Å². The van der Waals surface area contributed by atoms with E-state index in [9.17, 15) is 18.0 Å². The molecule has 0 unspecified atom stereocenters. The zero-order chi connectivity index (χ0) is 14.6. The van der Waals surface area contributed by atoms with Crippen molar-refractivity contribution in [1.29, 1.82) is 0 Å². The smallest absolute Gasteiger partial charge is 0.336 e. The SMILES string of the molecule is O=C(NCCn1ccnc1)N1CCC[C@H](C(F)(F)F)C1. The Labute approximate surface area is 114 Å². The third-order valence-electron chi connectivity index (χ3n) is 3.38. The first kappa shape index (κ1) is 14.7. The number of urea groups is 1. The Morgan fingerprint density at radius 3 is 2.90 bits per heavy atom. The first-order valence-electron chi connectivity index (χ1n) is 6.52. The molecular formula is C12H17F3N4O. The summed E-state index contributed by atoms with van der Waals surface area (Å²) in [7, 11) is 0. The number of hydrogen-bond donors (Lipinski definition) is 1. The van der Waals surface area contributed by atoms with E-state index in [0.717, 1.165) is 0 Å². The third kappa shape index (κ3) is 3.88. The molecule has 1 aromatic heterocycles. The van der Waals surface area contributed by atoms with Crippen molar-refractivity contribution in [3.05, 3.63) is 18.7 Å². The van der Waals surface area contributed by atoms with Crippen molar-refractivity contribution in [1.82, 2.24) is 19.8 Å². The number of rotatable bonds is 3. The molecular weight excluding hydrogens is 273 g/mol. The van der Waals surface area contributed by atoms with E-state index in [4.69, 9.17) is 0 Å². The van der Waals surface area contributed by atoms with Gasteiger partial charge in [0.25, 0.3) is 0 Å². The summed E-state index contributed by atoms with van der Waals surface area (Å²) in [6.45, 7) is 1.04. The molecule has 2 heterocycles. The Kier molecular flexibility index (Phi) is 4.51. The van der Waals surface area contributed by atoms with Gasteiger partial charge in [0.05, 0.1) is 12.2 Å². The highest BCUT2D eigenvalue weighted by molar-refractivity contribution is 5.74. The lowest BCUT2D eigenvalue weighted by Crippen LogP contribution is -2.49. The molecule has 1 saturated heterocycles. The quantitative estimate of drug-likeness (QED) is 0.924. The van der Waals surface area contributed by atoms with Crippen LogP contribution in [-0.4, -0.2) is 46.3 Å². The number of nitrogens with zero attached hydrogens (tertiary/aromatic N) is 3. The van der Waals surface area contributed by atoms with Gasteiger partial charge in [0, 0.05) is 38.6 Å². The predicted octanol–water partition coefficient (Wildman–Crippen LogP) is 1.87. The van der Waals surface area contributed by atoms with E-state index < -0.39 is 18.1 Å². The third-order valence-corrected chi connectivity index (χ3v) is 3.38. The van der Waals surface area contributed by atoms with E-state index in [1.165, 1.54) is 4.90 Å². The normalized spacial score (nSPS) is 19.9. The number of imidazole rings is 1. The van der Waals surface area contributed by atoms with Crippen molar-refractivity contribution in [2.75, 3.05) is 19.6 Å². The number of piperidine rings is 1. The van der Waals surface area contributed by atoms with Crippen molar-refractivity contribution in [3.8, 4) is 0 Å². The predicted molar refractivity (Wildman–Crippen MR) is 66.0 cm³/mol. The van der Waals surface area contributed by atoms with Gasteiger partial charge in [-0.3, -0.25) is 0 Å². The Hall–Kier alpha value is -1.73. The van der Waals surface area contributed by atoms with E-state index in [1.54, 1.807) is 23.3 Å². The number of carbonyl (C=O) groups excluding carboxylic acids is 1. The Morgan fingerprint density at radius 1 is 1.45 bits per heavy atom. The minimum atomic E-state index is -4.23. The Balaban J connectivity index is 1.77. The molecule has 0 radical (unpaired) electrons. The van der Waals surface area contributed by atoms with Gasteiger partial charge in [-0.1, -0.05) is 0 Å². The number of likely N-dealkylation sites (tertiary alicyclic amines) is 1. The van der Waals surface area contributed by atoms with Crippen LogP contribution in [0.5, 0.6) is 0 Å². The lowest BCUT2D eigenvalue weighted by molar-refractivity contribution is -0.183. The van der Waals surface area contributed by atoms with Gasteiger partial charge in [0.2, 0.25) is 0 Å². The number of amides is 2. The van der Waals surface area contributed by atoms with Crippen LogP contribution in [0.25, 0.3) is 0 Å². The number of nitrogens with one attached hydrogen (secondary N) is 1.